The van der Waals surface area contributed by atoms with E-state index in [0.29, 0.717) is 13.0 Å². The van der Waals surface area contributed by atoms with E-state index in [-0.39, 0.29) is 18.0 Å². The van der Waals surface area contributed by atoms with Crippen LogP contribution in [0.15, 0.2) is 18.2 Å². The van der Waals surface area contributed by atoms with Gasteiger partial charge in [-0.25, -0.2) is 0 Å². The standard InChI is InChI=1S/C23H30O5/c1-13(2)12-26-21-14(3)18(8-7-17-9-16(24)10-20(25)27-17)22-19(15(21)4)11-23(5,6)28-22/h7-8,16-17,24H,1,9-12H2,2-6H3/t16-,17-/m0/s1. The van der Waals surface area contributed by atoms with E-state index in [0.717, 1.165) is 45.7 Å². The summed E-state index contributed by atoms with van der Waals surface area (Å²) >= 11 is 0. The van der Waals surface area contributed by atoms with Gasteiger partial charge in [-0.15, -0.1) is 0 Å². The summed E-state index contributed by atoms with van der Waals surface area (Å²) in [4.78, 5) is 11.6. The molecule has 0 spiro atoms. The molecule has 0 amide bonds. The lowest BCUT2D eigenvalue weighted by molar-refractivity contribution is -0.156. The third kappa shape index (κ3) is 4.25. The Morgan fingerprint density at radius 1 is 1.36 bits per heavy atom. The highest BCUT2D eigenvalue weighted by molar-refractivity contribution is 5.73. The zero-order chi connectivity index (χ0) is 20.6. The van der Waals surface area contributed by atoms with Crippen LogP contribution < -0.4 is 9.47 Å². The number of benzene rings is 1. The lowest BCUT2D eigenvalue weighted by Crippen LogP contribution is -2.31. The summed E-state index contributed by atoms with van der Waals surface area (Å²) in [5, 5.41) is 9.84. The third-order valence-electron chi connectivity index (χ3n) is 5.17. The number of aliphatic hydroxyl groups excluding tert-OH is 1. The smallest absolute Gasteiger partial charge is 0.309 e. The summed E-state index contributed by atoms with van der Waals surface area (Å²) < 4.78 is 17.7. The summed E-state index contributed by atoms with van der Waals surface area (Å²) in [7, 11) is 0. The fourth-order valence-electron chi connectivity index (χ4n) is 3.85. The first-order valence-electron chi connectivity index (χ1n) is 9.75. The molecular weight excluding hydrogens is 356 g/mol. The van der Waals surface area contributed by atoms with Crippen LogP contribution in [0.5, 0.6) is 11.5 Å². The van der Waals surface area contributed by atoms with Gasteiger partial charge in [0.05, 0.1) is 12.5 Å². The van der Waals surface area contributed by atoms with Crippen LogP contribution in [0.3, 0.4) is 0 Å². The molecule has 1 aromatic rings. The van der Waals surface area contributed by atoms with Gasteiger partial charge in [-0.2, -0.15) is 0 Å². The van der Waals surface area contributed by atoms with Gasteiger partial charge in [0.25, 0.3) is 0 Å². The average molecular weight is 386 g/mol. The highest BCUT2D eigenvalue weighted by Gasteiger charge is 2.35. The molecule has 0 unspecified atom stereocenters. The molecule has 152 valence electrons. The van der Waals surface area contributed by atoms with Gasteiger partial charge < -0.3 is 19.3 Å². The maximum atomic E-state index is 11.6. The molecule has 1 aromatic carbocycles. The van der Waals surface area contributed by atoms with E-state index in [2.05, 4.69) is 27.4 Å². The third-order valence-corrected chi connectivity index (χ3v) is 5.17. The van der Waals surface area contributed by atoms with Crippen molar-refractivity contribution in [3.05, 3.63) is 40.5 Å². The fourth-order valence-corrected chi connectivity index (χ4v) is 3.85. The number of rotatable bonds is 5. The Labute approximate surface area is 167 Å². The van der Waals surface area contributed by atoms with Crippen LogP contribution in [0.4, 0.5) is 0 Å². The van der Waals surface area contributed by atoms with Gasteiger partial charge >= 0.3 is 5.97 Å². The first-order valence-corrected chi connectivity index (χ1v) is 9.75. The summed E-state index contributed by atoms with van der Waals surface area (Å²) in [5.74, 6) is 1.34. The zero-order valence-corrected chi connectivity index (χ0v) is 17.4. The lowest BCUT2D eigenvalue weighted by atomic mass is 9.92. The molecule has 0 aliphatic carbocycles. The zero-order valence-electron chi connectivity index (χ0n) is 17.4. The second-order valence-electron chi connectivity index (χ2n) is 8.57. The Hall–Kier alpha value is -2.27. The summed E-state index contributed by atoms with van der Waals surface area (Å²) in [6, 6.07) is 0. The van der Waals surface area contributed by atoms with E-state index in [1.807, 2.05) is 26.0 Å². The van der Waals surface area contributed by atoms with E-state index in [9.17, 15) is 9.90 Å². The predicted octanol–water partition coefficient (Wildman–Crippen LogP) is 4.05. The fraction of sp³-hybridized carbons (Fsp3) is 0.522. The number of ether oxygens (including phenoxy) is 3. The minimum absolute atomic E-state index is 0.0551. The molecule has 2 aliphatic heterocycles. The van der Waals surface area contributed by atoms with Crippen molar-refractivity contribution < 1.29 is 24.1 Å². The average Bonchev–Trinajstić information content (AvgIpc) is 2.89. The monoisotopic (exact) mass is 386 g/mol. The van der Waals surface area contributed by atoms with Gasteiger partial charge in [-0.3, -0.25) is 4.79 Å². The molecule has 2 heterocycles. The van der Waals surface area contributed by atoms with Crippen LogP contribution in [0.25, 0.3) is 6.08 Å². The van der Waals surface area contributed by atoms with Crippen LogP contribution in [-0.4, -0.2) is 35.5 Å². The van der Waals surface area contributed by atoms with Crippen molar-refractivity contribution in [2.24, 2.45) is 0 Å². The van der Waals surface area contributed by atoms with Crippen LogP contribution in [0.1, 0.15) is 55.9 Å². The molecular formula is C23H30O5. The Balaban J connectivity index is 2.00. The van der Waals surface area contributed by atoms with Gasteiger partial charge in [0.1, 0.15) is 29.8 Å². The normalized spacial score (nSPS) is 23.3. The molecule has 3 rings (SSSR count). The van der Waals surface area contributed by atoms with Crippen molar-refractivity contribution in [2.75, 3.05) is 6.61 Å². The summed E-state index contributed by atoms with van der Waals surface area (Å²) in [5.41, 5.74) is 4.82. The molecule has 1 saturated heterocycles. The molecule has 2 aliphatic rings. The van der Waals surface area contributed by atoms with Crippen LogP contribution in [0, 0.1) is 13.8 Å². The highest BCUT2D eigenvalue weighted by atomic mass is 16.5. The van der Waals surface area contributed by atoms with Gasteiger partial charge in [-0.05, 0) is 51.8 Å². The molecule has 28 heavy (non-hydrogen) atoms. The Morgan fingerprint density at radius 3 is 2.71 bits per heavy atom. The molecule has 1 N–H and O–H groups in total. The number of fused-ring (bicyclic) bond motifs is 1. The Bertz CT molecular complexity index is 834. The van der Waals surface area contributed by atoms with Crippen LogP contribution in [0.2, 0.25) is 0 Å². The lowest BCUT2D eigenvalue weighted by Gasteiger charge is -2.24. The minimum atomic E-state index is -0.662. The van der Waals surface area contributed by atoms with E-state index in [1.54, 1.807) is 0 Å². The molecule has 5 heteroatoms. The number of carbonyl (C=O) groups is 1. The predicted molar refractivity (Wildman–Crippen MR) is 109 cm³/mol. The molecule has 1 fully saturated rings. The summed E-state index contributed by atoms with van der Waals surface area (Å²) in [6.45, 7) is 14.5. The largest absolute Gasteiger partial charge is 0.489 e. The first kappa shape index (κ1) is 20.5. The van der Waals surface area contributed by atoms with E-state index < -0.39 is 12.2 Å². The van der Waals surface area contributed by atoms with Crippen molar-refractivity contribution >= 4 is 12.0 Å². The number of carbonyl (C=O) groups excluding carboxylic acids is 1. The van der Waals surface area contributed by atoms with Gasteiger partial charge in [0, 0.05) is 29.5 Å². The van der Waals surface area contributed by atoms with E-state index >= 15 is 0 Å². The quantitative estimate of drug-likeness (QED) is 0.611. The maximum absolute atomic E-state index is 11.6. The second-order valence-corrected chi connectivity index (χ2v) is 8.57. The van der Waals surface area contributed by atoms with Crippen molar-refractivity contribution in [2.45, 2.75) is 71.7 Å². The van der Waals surface area contributed by atoms with Crippen molar-refractivity contribution in [1.29, 1.82) is 0 Å². The van der Waals surface area contributed by atoms with E-state index in [4.69, 9.17) is 14.2 Å². The van der Waals surface area contributed by atoms with E-state index in [1.165, 1.54) is 0 Å². The molecule has 5 nitrogen and oxygen atoms in total. The topological polar surface area (TPSA) is 65.0 Å². The number of hydrogen-bond donors (Lipinski definition) is 1. The van der Waals surface area contributed by atoms with Crippen LogP contribution in [-0.2, 0) is 16.0 Å². The second kappa shape index (κ2) is 7.63. The van der Waals surface area contributed by atoms with Gasteiger partial charge in [0.2, 0.25) is 0 Å². The number of esters is 1. The van der Waals surface area contributed by atoms with Crippen molar-refractivity contribution in [1.82, 2.24) is 0 Å². The SMILES string of the molecule is C=C(C)COc1c(C)c(C=C[C@H]2C[C@H](O)CC(=O)O2)c2c(c1C)CC(C)(C)O2. The number of hydrogen-bond acceptors (Lipinski definition) is 5. The Kier molecular flexibility index (Phi) is 5.57. The highest BCUT2D eigenvalue weighted by Crippen LogP contribution is 2.46. The number of cyclic esters (lactones) is 1. The van der Waals surface area contributed by atoms with Crippen molar-refractivity contribution in [3.63, 3.8) is 0 Å². The molecule has 2 atom stereocenters. The van der Waals surface area contributed by atoms with Gasteiger partial charge in [0.15, 0.2) is 0 Å². The molecule has 0 aromatic heterocycles. The minimum Gasteiger partial charge on any atom is -0.489 e. The molecule has 0 bridgehead atoms. The van der Waals surface area contributed by atoms with Crippen LogP contribution >= 0.6 is 0 Å². The first-order chi connectivity index (χ1) is 13.1. The molecule has 0 radical (unpaired) electrons. The Morgan fingerprint density at radius 2 is 2.07 bits per heavy atom. The molecule has 0 saturated carbocycles. The summed E-state index contributed by atoms with van der Waals surface area (Å²) in [6.07, 6.45) is 3.91. The van der Waals surface area contributed by atoms with Gasteiger partial charge in [-0.1, -0.05) is 12.7 Å². The maximum Gasteiger partial charge on any atom is 0.309 e. The number of aliphatic hydroxyl groups is 1. The van der Waals surface area contributed by atoms with Crippen molar-refractivity contribution in [3.8, 4) is 11.5 Å².